The first kappa shape index (κ1) is 14.0. The highest BCUT2D eigenvalue weighted by Gasteiger charge is 2.12. The van der Waals surface area contributed by atoms with Gasteiger partial charge in [0.1, 0.15) is 17.8 Å². The molecule has 1 aromatic heterocycles. The lowest BCUT2D eigenvalue weighted by molar-refractivity contribution is -0.109. The molecule has 0 spiro atoms. The Kier molecular flexibility index (Phi) is 4.62. The van der Waals surface area contributed by atoms with Gasteiger partial charge in [0, 0.05) is 12.6 Å². The number of carbonyl (C=O) groups excluding carboxylic acids is 1. The molecule has 0 saturated carbocycles. The van der Waals surface area contributed by atoms with Crippen LogP contribution in [0.5, 0.6) is 0 Å². The number of aryl methyl sites for hydroxylation is 1. The van der Waals surface area contributed by atoms with Crippen LogP contribution in [-0.4, -0.2) is 11.3 Å². The van der Waals surface area contributed by atoms with E-state index in [2.05, 4.69) is 16.8 Å². The minimum absolute atomic E-state index is 0.296. The number of hydrogen-bond donors (Lipinski definition) is 0. The summed E-state index contributed by atoms with van der Waals surface area (Å²) in [5.41, 5.74) is 2.26. The van der Waals surface area contributed by atoms with Gasteiger partial charge in [0.25, 0.3) is 0 Å². The fourth-order valence-corrected chi connectivity index (χ4v) is 1.97. The second-order valence-corrected chi connectivity index (χ2v) is 4.46. The predicted molar refractivity (Wildman–Crippen MR) is 75.7 cm³/mol. The monoisotopic (exact) mass is 267 g/mol. The Balaban J connectivity index is 2.14. The molecule has 0 fully saturated rings. The molecular formula is C17H14FNO. The van der Waals surface area contributed by atoms with Crippen molar-refractivity contribution >= 4 is 6.29 Å². The summed E-state index contributed by atoms with van der Waals surface area (Å²) in [6, 6.07) is 9.93. The average Bonchev–Trinajstić information content (AvgIpc) is 2.46. The fraction of sp³-hybridized carbons (Fsp3) is 0.176. The topological polar surface area (TPSA) is 30.0 Å². The molecule has 0 aliphatic rings. The van der Waals surface area contributed by atoms with Crippen molar-refractivity contribution in [3.8, 4) is 11.8 Å². The molecule has 0 N–H and O–H groups in total. The lowest BCUT2D eigenvalue weighted by Gasteiger charge is -2.10. The SMILES string of the molecule is Cc1cc(F)ccc1C(C=O)CC#Cc1ccccn1. The summed E-state index contributed by atoms with van der Waals surface area (Å²) >= 11 is 0. The lowest BCUT2D eigenvalue weighted by atomic mass is 9.93. The summed E-state index contributed by atoms with van der Waals surface area (Å²) in [7, 11) is 0. The molecule has 2 rings (SSSR count). The van der Waals surface area contributed by atoms with Gasteiger partial charge in [-0.1, -0.05) is 18.1 Å². The van der Waals surface area contributed by atoms with Crippen molar-refractivity contribution in [2.24, 2.45) is 0 Å². The normalized spacial score (nSPS) is 11.3. The van der Waals surface area contributed by atoms with Crippen LogP contribution in [0, 0.1) is 24.6 Å². The van der Waals surface area contributed by atoms with Gasteiger partial charge in [0.05, 0.1) is 5.92 Å². The number of rotatable bonds is 3. The van der Waals surface area contributed by atoms with Crippen molar-refractivity contribution in [3.05, 3.63) is 65.2 Å². The van der Waals surface area contributed by atoms with Gasteiger partial charge in [0.15, 0.2) is 0 Å². The molecule has 0 aliphatic heterocycles. The van der Waals surface area contributed by atoms with Crippen LogP contribution in [0.25, 0.3) is 0 Å². The van der Waals surface area contributed by atoms with Crippen LogP contribution in [-0.2, 0) is 4.79 Å². The van der Waals surface area contributed by atoms with Gasteiger partial charge in [-0.25, -0.2) is 9.37 Å². The summed E-state index contributed by atoms with van der Waals surface area (Å²) in [6.45, 7) is 1.79. The Morgan fingerprint density at radius 3 is 2.85 bits per heavy atom. The molecule has 100 valence electrons. The van der Waals surface area contributed by atoms with Crippen LogP contribution >= 0.6 is 0 Å². The van der Waals surface area contributed by atoms with E-state index in [4.69, 9.17) is 0 Å². The summed E-state index contributed by atoms with van der Waals surface area (Å²) in [4.78, 5) is 15.3. The average molecular weight is 267 g/mol. The van der Waals surface area contributed by atoms with Gasteiger partial charge in [-0.3, -0.25) is 0 Å². The van der Waals surface area contributed by atoms with Crippen molar-refractivity contribution in [3.63, 3.8) is 0 Å². The number of benzene rings is 1. The molecule has 2 aromatic rings. The molecular weight excluding hydrogens is 253 g/mol. The third-order valence-electron chi connectivity index (χ3n) is 3.00. The highest BCUT2D eigenvalue weighted by Crippen LogP contribution is 2.21. The predicted octanol–water partition coefficient (Wildman–Crippen LogP) is 3.25. The fourth-order valence-electron chi connectivity index (χ4n) is 1.97. The van der Waals surface area contributed by atoms with Crippen LogP contribution in [0.4, 0.5) is 4.39 Å². The molecule has 1 atom stereocenters. The zero-order chi connectivity index (χ0) is 14.4. The number of aldehydes is 1. The Morgan fingerprint density at radius 1 is 1.35 bits per heavy atom. The number of pyridine rings is 1. The second kappa shape index (κ2) is 6.63. The Hall–Kier alpha value is -2.47. The second-order valence-electron chi connectivity index (χ2n) is 4.46. The van der Waals surface area contributed by atoms with E-state index >= 15 is 0 Å². The quantitative estimate of drug-likeness (QED) is 0.631. The van der Waals surface area contributed by atoms with Crippen LogP contribution in [0.3, 0.4) is 0 Å². The maximum atomic E-state index is 13.1. The summed E-state index contributed by atoms with van der Waals surface area (Å²) < 4.78 is 13.1. The van der Waals surface area contributed by atoms with E-state index in [1.165, 1.54) is 12.1 Å². The Morgan fingerprint density at radius 2 is 2.20 bits per heavy atom. The molecule has 0 bridgehead atoms. The number of aromatic nitrogens is 1. The molecule has 20 heavy (non-hydrogen) atoms. The third-order valence-corrected chi connectivity index (χ3v) is 3.00. The van der Waals surface area contributed by atoms with E-state index in [1.54, 1.807) is 19.2 Å². The van der Waals surface area contributed by atoms with Gasteiger partial charge < -0.3 is 4.79 Å². The smallest absolute Gasteiger partial charge is 0.128 e. The van der Waals surface area contributed by atoms with Crippen molar-refractivity contribution in [1.29, 1.82) is 0 Å². The maximum Gasteiger partial charge on any atom is 0.128 e. The van der Waals surface area contributed by atoms with Gasteiger partial charge in [0.2, 0.25) is 0 Å². The number of carbonyl (C=O) groups is 1. The summed E-state index contributed by atoms with van der Waals surface area (Å²) in [6.07, 6.45) is 2.92. The van der Waals surface area contributed by atoms with Crippen molar-refractivity contribution < 1.29 is 9.18 Å². The lowest BCUT2D eigenvalue weighted by Crippen LogP contribution is -2.02. The van der Waals surface area contributed by atoms with Crippen LogP contribution in [0.2, 0.25) is 0 Å². The first-order chi connectivity index (χ1) is 9.70. The standard InChI is InChI=1S/C17H14FNO/c1-13-11-15(18)8-9-17(13)14(12-20)5-4-7-16-6-2-3-10-19-16/h2-3,6,8-12,14H,5H2,1H3. The van der Waals surface area contributed by atoms with Gasteiger partial charge in [-0.05, 0) is 48.2 Å². The molecule has 2 nitrogen and oxygen atoms in total. The van der Waals surface area contributed by atoms with E-state index in [0.29, 0.717) is 12.1 Å². The maximum absolute atomic E-state index is 13.1. The first-order valence-electron chi connectivity index (χ1n) is 6.32. The molecule has 0 radical (unpaired) electrons. The number of halogens is 1. The van der Waals surface area contributed by atoms with E-state index in [1.807, 2.05) is 18.2 Å². The largest absolute Gasteiger partial charge is 0.303 e. The van der Waals surface area contributed by atoms with E-state index in [-0.39, 0.29) is 11.7 Å². The number of hydrogen-bond acceptors (Lipinski definition) is 2. The number of nitrogens with zero attached hydrogens (tertiary/aromatic N) is 1. The van der Waals surface area contributed by atoms with Crippen molar-refractivity contribution in [2.75, 3.05) is 0 Å². The molecule has 3 heteroatoms. The van der Waals surface area contributed by atoms with E-state index < -0.39 is 0 Å². The Bertz CT molecular complexity index is 656. The summed E-state index contributed by atoms with van der Waals surface area (Å²) in [5, 5.41) is 0. The van der Waals surface area contributed by atoms with Crippen molar-refractivity contribution in [1.82, 2.24) is 4.98 Å². The van der Waals surface area contributed by atoms with Crippen LogP contribution in [0.1, 0.15) is 29.2 Å². The molecule has 1 unspecified atom stereocenters. The van der Waals surface area contributed by atoms with Gasteiger partial charge in [-0.2, -0.15) is 0 Å². The van der Waals surface area contributed by atoms with Gasteiger partial charge in [-0.15, -0.1) is 0 Å². The zero-order valence-corrected chi connectivity index (χ0v) is 11.1. The highest BCUT2D eigenvalue weighted by atomic mass is 19.1. The summed E-state index contributed by atoms with van der Waals surface area (Å²) in [5.74, 6) is 5.23. The molecule has 0 saturated heterocycles. The van der Waals surface area contributed by atoms with Crippen molar-refractivity contribution in [2.45, 2.75) is 19.3 Å². The zero-order valence-electron chi connectivity index (χ0n) is 11.1. The van der Waals surface area contributed by atoms with E-state index in [0.717, 1.165) is 17.4 Å². The van der Waals surface area contributed by atoms with Crippen LogP contribution < -0.4 is 0 Å². The molecule has 1 heterocycles. The minimum atomic E-state index is -0.341. The van der Waals surface area contributed by atoms with Crippen LogP contribution in [0.15, 0.2) is 42.6 Å². The molecule has 1 aromatic carbocycles. The highest BCUT2D eigenvalue weighted by molar-refractivity contribution is 5.64. The first-order valence-corrected chi connectivity index (χ1v) is 6.32. The third kappa shape index (κ3) is 3.52. The van der Waals surface area contributed by atoms with E-state index in [9.17, 15) is 9.18 Å². The van der Waals surface area contributed by atoms with Gasteiger partial charge >= 0.3 is 0 Å². The Labute approximate surface area is 117 Å². The minimum Gasteiger partial charge on any atom is -0.303 e. The molecule has 0 amide bonds. The molecule has 0 aliphatic carbocycles.